The van der Waals surface area contributed by atoms with Gasteiger partial charge in [-0.25, -0.2) is 4.79 Å². The van der Waals surface area contributed by atoms with E-state index in [-0.39, 0.29) is 11.9 Å². The molecule has 0 saturated heterocycles. The lowest BCUT2D eigenvalue weighted by Gasteiger charge is -2.28. The van der Waals surface area contributed by atoms with Gasteiger partial charge in [-0.2, -0.15) is 0 Å². The molecule has 2 aromatic carbocycles. The third-order valence-corrected chi connectivity index (χ3v) is 5.37. The molecule has 0 bridgehead atoms. The van der Waals surface area contributed by atoms with Crippen molar-refractivity contribution in [3.05, 3.63) is 70.2 Å². The Hall–Kier alpha value is -2.33. The number of amides is 1. The zero-order chi connectivity index (χ0) is 18.6. The lowest BCUT2D eigenvalue weighted by Crippen LogP contribution is -2.42. The number of esters is 1. The maximum absolute atomic E-state index is 13.0. The standard InChI is InChI=1S/C21H22ClNO3/c1-26-19(24)16-6-4-15(5-7-16)14-23-20(25)21(12-2-3-13-21)17-8-10-18(22)11-9-17/h4-11H,2-3,12-14H2,1H3,(H,23,25). The van der Waals surface area contributed by atoms with Gasteiger partial charge in [0.2, 0.25) is 5.91 Å². The third kappa shape index (κ3) is 3.75. The average Bonchev–Trinajstić information content (AvgIpc) is 3.17. The van der Waals surface area contributed by atoms with Gasteiger partial charge in [0.25, 0.3) is 0 Å². The molecule has 1 amide bonds. The van der Waals surface area contributed by atoms with Crippen LogP contribution in [-0.4, -0.2) is 19.0 Å². The Balaban J connectivity index is 1.71. The lowest BCUT2D eigenvalue weighted by atomic mass is 9.78. The molecular formula is C21H22ClNO3. The highest BCUT2D eigenvalue weighted by molar-refractivity contribution is 6.30. The Bertz CT molecular complexity index is 778. The second-order valence-corrected chi connectivity index (χ2v) is 7.10. The van der Waals surface area contributed by atoms with E-state index in [1.807, 2.05) is 36.4 Å². The molecule has 1 fully saturated rings. The SMILES string of the molecule is COC(=O)c1ccc(CNC(=O)C2(c3ccc(Cl)cc3)CCCC2)cc1. The van der Waals surface area contributed by atoms with E-state index in [1.165, 1.54) is 7.11 Å². The molecule has 0 spiro atoms. The molecule has 1 saturated carbocycles. The minimum Gasteiger partial charge on any atom is -0.465 e. The number of benzene rings is 2. The van der Waals surface area contributed by atoms with Crippen molar-refractivity contribution in [1.82, 2.24) is 5.32 Å². The van der Waals surface area contributed by atoms with Crippen molar-refractivity contribution in [3.8, 4) is 0 Å². The van der Waals surface area contributed by atoms with Gasteiger partial charge in [0.05, 0.1) is 18.1 Å². The van der Waals surface area contributed by atoms with Crippen LogP contribution in [0.2, 0.25) is 5.02 Å². The van der Waals surface area contributed by atoms with Gasteiger partial charge >= 0.3 is 5.97 Å². The van der Waals surface area contributed by atoms with E-state index in [0.29, 0.717) is 17.1 Å². The van der Waals surface area contributed by atoms with Crippen molar-refractivity contribution >= 4 is 23.5 Å². The molecule has 3 rings (SSSR count). The molecule has 4 nitrogen and oxygen atoms in total. The van der Waals surface area contributed by atoms with Gasteiger partial charge in [-0.1, -0.05) is 48.7 Å². The number of ether oxygens (including phenoxy) is 1. The number of rotatable bonds is 5. The van der Waals surface area contributed by atoms with Crippen LogP contribution in [0.5, 0.6) is 0 Å². The van der Waals surface area contributed by atoms with E-state index in [0.717, 1.165) is 36.8 Å². The molecular weight excluding hydrogens is 350 g/mol. The Morgan fingerprint density at radius 1 is 1.04 bits per heavy atom. The van der Waals surface area contributed by atoms with E-state index in [9.17, 15) is 9.59 Å². The fourth-order valence-electron chi connectivity index (χ4n) is 3.62. The highest BCUT2D eigenvalue weighted by atomic mass is 35.5. The summed E-state index contributed by atoms with van der Waals surface area (Å²) in [5.74, 6) is -0.317. The first-order valence-corrected chi connectivity index (χ1v) is 9.14. The van der Waals surface area contributed by atoms with E-state index < -0.39 is 5.41 Å². The number of methoxy groups -OCH3 is 1. The Labute approximate surface area is 158 Å². The van der Waals surface area contributed by atoms with Crippen LogP contribution in [0.4, 0.5) is 0 Å². The largest absolute Gasteiger partial charge is 0.465 e. The predicted octanol–water partition coefficient (Wildman–Crippen LogP) is 4.25. The van der Waals surface area contributed by atoms with Crippen LogP contribution in [0.3, 0.4) is 0 Å². The van der Waals surface area contributed by atoms with Crippen LogP contribution in [0.15, 0.2) is 48.5 Å². The minimum absolute atomic E-state index is 0.0503. The first-order chi connectivity index (χ1) is 12.5. The zero-order valence-corrected chi connectivity index (χ0v) is 15.5. The normalized spacial score (nSPS) is 15.5. The third-order valence-electron chi connectivity index (χ3n) is 5.12. The number of carbonyl (C=O) groups excluding carboxylic acids is 2. The maximum atomic E-state index is 13.0. The van der Waals surface area contributed by atoms with Crippen LogP contribution in [0.1, 0.15) is 47.2 Å². The zero-order valence-electron chi connectivity index (χ0n) is 14.8. The number of hydrogen-bond donors (Lipinski definition) is 1. The van der Waals surface area contributed by atoms with Crippen LogP contribution in [-0.2, 0) is 21.5 Å². The van der Waals surface area contributed by atoms with Gasteiger partial charge in [-0.15, -0.1) is 0 Å². The Morgan fingerprint density at radius 2 is 1.65 bits per heavy atom. The number of hydrogen-bond acceptors (Lipinski definition) is 3. The summed E-state index contributed by atoms with van der Waals surface area (Å²) < 4.78 is 4.69. The van der Waals surface area contributed by atoms with Gasteiger partial charge in [0.1, 0.15) is 0 Å². The summed E-state index contributed by atoms with van der Waals surface area (Å²) in [4.78, 5) is 24.5. The monoisotopic (exact) mass is 371 g/mol. The minimum atomic E-state index is -0.476. The van der Waals surface area contributed by atoms with Gasteiger partial charge in [-0.05, 0) is 48.2 Å². The molecule has 136 valence electrons. The molecule has 26 heavy (non-hydrogen) atoms. The van der Waals surface area contributed by atoms with E-state index >= 15 is 0 Å². The van der Waals surface area contributed by atoms with Crippen molar-refractivity contribution in [3.63, 3.8) is 0 Å². The van der Waals surface area contributed by atoms with Crippen molar-refractivity contribution in [1.29, 1.82) is 0 Å². The van der Waals surface area contributed by atoms with Crippen molar-refractivity contribution < 1.29 is 14.3 Å². The molecule has 2 aromatic rings. The summed E-state index contributed by atoms with van der Waals surface area (Å²) in [5.41, 5.74) is 1.99. The van der Waals surface area contributed by atoms with E-state index in [2.05, 4.69) is 5.32 Å². The molecule has 0 heterocycles. The van der Waals surface area contributed by atoms with Gasteiger partial charge in [0, 0.05) is 11.6 Å². The van der Waals surface area contributed by atoms with Crippen molar-refractivity contribution in [2.45, 2.75) is 37.6 Å². The molecule has 1 N–H and O–H groups in total. The second kappa shape index (κ2) is 7.92. The van der Waals surface area contributed by atoms with E-state index in [1.54, 1.807) is 12.1 Å². The van der Waals surface area contributed by atoms with Crippen LogP contribution < -0.4 is 5.32 Å². The number of nitrogens with one attached hydrogen (secondary N) is 1. The molecule has 0 aliphatic heterocycles. The van der Waals surface area contributed by atoms with Crippen molar-refractivity contribution in [2.75, 3.05) is 7.11 Å². The lowest BCUT2D eigenvalue weighted by molar-refractivity contribution is -0.126. The smallest absolute Gasteiger partial charge is 0.337 e. The summed E-state index contributed by atoms with van der Waals surface area (Å²) in [6, 6.07) is 14.7. The van der Waals surface area contributed by atoms with Crippen LogP contribution >= 0.6 is 11.6 Å². The molecule has 1 aliphatic carbocycles. The topological polar surface area (TPSA) is 55.4 Å². The van der Waals surface area contributed by atoms with E-state index in [4.69, 9.17) is 16.3 Å². The maximum Gasteiger partial charge on any atom is 0.337 e. The Morgan fingerprint density at radius 3 is 2.23 bits per heavy atom. The summed E-state index contributed by atoms with van der Waals surface area (Å²) in [5, 5.41) is 3.74. The fraction of sp³-hybridized carbons (Fsp3) is 0.333. The molecule has 0 aromatic heterocycles. The first kappa shape index (κ1) is 18.5. The summed E-state index contributed by atoms with van der Waals surface area (Å²) in [7, 11) is 1.36. The average molecular weight is 372 g/mol. The molecule has 0 radical (unpaired) electrons. The highest BCUT2D eigenvalue weighted by Gasteiger charge is 2.42. The van der Waals surface area contributed by atoms with Crippen LogP contribution in [0.25, 0.3) is 0 Å². The second-order valence-electron chi connectivity index (χ2n) is 6.67. The summed E-state index contributed by atoms with van der Waals surface area (Å²) in [6.07, 6.45) is 3.79. The fourth-order valence-corrected chi connectivity index (χ4v) is 3.75. The molecule has 0 unspecified atom stereocenters. The van der Waals surface area contributed by atoms with Crippen LogP contribution in [0, 0.1) is 0 Å². The van der Waals surface area contributed by atoms with Gasteiger partial charge < -0.3 is 10.1 Å². The number of carbonyl (C=O) groups is 2. The van der Waals surface area contributed by atoms with Gasteiger partial charge in [-0.3, -0.25) is 4.79 Å². The molecule has 0 atom stereocenters. The molecule has 1 aliphatic rings. The van der Waals surface area contributed by atoms with Crippen molar-refractivity contribution in [2.24, 2.45) is 0 Å². The molecule has 5 heteroatoms. The quantitative estimate of drug-likeness (QED) is 0.799. The predicted molar refractivity (Wildman–Crippen MR) is 101 cm³/mol. The summed E-state index contributed by atoms with van der Waals surface area (Å²) in [6.45, 7) is 0.426. The summed E-state index contributed by atoms with van der Waals surface area (Å²) >= 11 is 6.00. The highest BCUT2D eigenvalue weighted by Crippen LogP contribution is 2.41. The first-order valence-electron chi connectivity index (χ1n) is 8.77. The number of halogens is 1. The Kier molecular flexibility index (Phi) is 5.62. The van der Waals surface area contributed by atoms with Gasteiger partial charge in [0.15, 0.2) is 0 Å².